The fraction of sp³-hybridized carbons (Fsp3) is 0.257. The zero-order chi connectivity index (χ0) is 33.3. The number of hydrogen-bond acceptors (Lipinski definition) is 5. The molecule has 0 aliphatic carbocycles. The molecule has 8 nitrogen and oxygen atoms in total. The van der Waals surface area contributed by atoms with Crippen LogP contribution >= 0.6 is 11.6 Å². The molecule has 0 radical (unpaired) electrons. The molecule has 242 valence electrons. The zero-order valence-corrected chi connectivity index (χ0v) is 27.5. The predicted molar refractivity (Wildman–Crippen MR) is 178 cm³/mol. The van der Waals surface area contributed by atoms with E-state index in [1.807, 2.05) is 44.2 Å². The largest absolute Gasteiger partial charge is 0.497 e. The van der Waals surface area contributed by atoms with Crippen molar-refractivity contribution in [3.63, 3.8) is 0 Å². The van der Waals surface area contributed by atoms with Crippen molar-refractivity contribution >= 4 is 39.1 Å². The number of nitrogens with zero attached hydrogens (tertiary/aromatic N) is 2. The van der Waals surface area contributed by atoms with Crippen molar-refractivity contribution in [1.82, 2.24) is 10.2 Å². The number of halogens is 2. The highest BCUT2D eigenvalue weighted by Gasteiger charge is 2.35. The molecule has 11 heteroatoms. The van der Waals surface area contributed by atoms with Crippen LogP contribution in [0.4, 0.5) is 10.1 Å². The lowest BCUT2D eigenvalue weighted by molar-refractivity contribution is -0.140. The van der Waals surface area contributed by atoms with Gasteiger partial charge in [-0.15, -0.1) is 0 Å². The van der Waals surface area contributed by atoms with Crippen molar-refractivity contribution in [2.24, 2.45) is 5.92 Å². The molecule has 0 bridgehead atoms. The number of ether oxygens (including phenoxy) is 1. The fourth-order valence-corrected chi connectivity index (χ4v) is 6.34. The molecule has 4 aromatic rings. The van der Waals surface area contributed by atoms with Crippen LogP contribution in [-0.4, -0.2) is 51.4 Å². The van der Waals surface area contributed by atoms with Crippen molar-refractivity contribution < 1.29 is 27.1 Å². The normalized spacial score (nSPS) is 12.0. The molecule has 0 unspecified atom stereocenters. The molecule has 1 N–H and O–H groups in total. The van der Waals surface area contributed by atoms with Gasteiger partial charge >= 0.3 is 0 Å². The van der Waals surface area contributed by atoms with Gasteiger partial charge in [-0.1, -0.05) is 74.0 Å². The second-order valence-electron chi connectivity index (χ2n) is 11.1. The Bertz CT molecular complexity index is 1720. The first-order chi connectivity index (χ1) is 22.0. The smallest absolute Gasteiger partial charge is 0.264 e. The summed E-state index contributed by atoms with van der Waals surface area (Å²) < 4.78 is 49.4. The Kier molecular flexibility index (Phi) is 11.8. The summed E-state index contributed by atoms with van der Waals surface area (Å²) in [5.41, 5.74) is 1.14. The van der Waals surface area contributed by atoms with Crippen LogP contribution in [0.25, 0.3) is 0 Å². The molecule has 0 heterocycles. The van der Waals surface area contributed by atoms with Gasteiger partial charge in [-0.25, -0.2) is 12.8 Å². The van der Waals surface area contributed by atoms with Crippen LogP contribution in [0.2, 0.25) is 5.02 Å². The maximum atomic E-state index is 15.0. The van der Waals surface area contributed by atoms with E-state index in [4.69, 9.17) is 16.3 Å². The van der Waals surface area contributed by atoms with Gasteiger partial charge in [0.15, 0.2) is 0 Å². The third kappa shape index (κ3) is 8.86. The van der Waals surface area contributed by atoms with E-state index < -0.39 is 40.2 Å². The molecule has 0 fully saturated rings. The Morgan fingerprint density at radius 1 is 0.891 bits per heavy atom. The summed E-state index contributed by atoms with van der Waals surface area (Å²) in [5.74, 6) is -1.09. The Balaban J connectivity index is 1.80. The van der Waals surface area contributed by atoms with E-state index in [9.17, 15) is 18.0 Å². The Labute approximate surface area is 274 Å². The molecule has 46 heavy (non-hydrogen) atoms. The van der Waals surface area contributed by atoms with Crippen molar-refractivity contribution in [1.29, 1.82) is 0 Å². The van der Waals surface area contributed by atoms with Gasteiger partial charge in [-0.2, -0.15) is 0 Å². The quantitative estimate of drug-likeness (QED) is 0.176. The van der Waals surface area contributed by atoms with Crippen molar-refractivity contribution in [2.75, 3.05) is 24.5 Å². The summed E-state index contributed by atoms with van der Waals surface area (Å²) in [6.07, 6.45) is 0.122. The maximum Gasteiger partial charge on any atom is 0.264 e. The molecule has 0 aliphatic rings. The van der Waals surface area contributed by atoms with Crippen LogP contribution in [0.5, 0.6) is 5.75 Å². The number of benzene rings is 4. The fourth-order valence-electron chi connectivity index (χ4n) is 4.80. The number of rotatable bonds is 14. The zero-order valence-electron chi connectivity index (χ0n) is 25.9. The van der Waals surface area contributed by atoms with Crippen molar-refractivity contribution in [3.05, 3.63) is 125 Å². The molecule has 0 aliphatic heterocycles. The lowest BCUT2D eigenvalue weighted by atomic mass is 10.0. The lowest BCUT2D eigenvalue weighted by Crippen LogP contribution is -2.53. The highest BCUT2D eigenvalue weighted by atomic mass is 35.5. The van der Waals surface area contributed by atoms with Gasteiger partial charge < -0.3 is 15.0 Å². The van der Waals surface area contributed by atoms with Crippen LogP contribution < -0.4 is 14.4 Å². The Morgan fingerprint density at radius 3 is 2.13 bits per heavy atom. The molecule has 0 spiro atoms. The number of carbonyl (C=O) groups excluding carboxylic acids is 2. The van der Waals surface area contributed by atoms with Crippen LogP contribution in [0.3, 0.4) is 0 Å². The van der Waals surface area contributed by atoms with Gasteiger partial charge in [0, 0.05) is 30.1 Å². The number of amides is 2. The molecular weight excluding hydrogens is 629 g/mol. The van der Waals surface area contributed by atoms with Crippen LogP contribution in [0.15, 0.2) is 108 Å². The first-order valence-corrected chi connectivity index (χ1v) is 16.6. The van der Waals surface area contributed by atoms with Gasteiger partial charge in [0.1, 0.15) is 24.2 Å². The van der Waals surface area contributed by atoms with E-state index in [0.717, 1.165) is 9.87 Å². The Hall–Kier alpha value is -4.41. The molecule has 0 saturated carbocycles. The molecule has 1 atom stereocenters. The second kappa shape index (κ2) is 15.7. The number of anilines is 1. The van der Waals surface area contributed by atoms with E-state index in [1.54, 1.807) is 6.07 Å². The van der Waals surface area contributed by atoms with E-state index in [1.165, 1.54) is 78.7 Å². The van der Waals surface area contributed by atoms with Gasteiger partial charge in [0.2, 0.25) is 11.8 Å². The number of sulfonamides is 1. The minimum atomic E-state index is -4.32. The summed E-state index contributed by atoms with van der Waals surface area (Å²) in [5, 5.41) is 3.29. The van der Waals surface area contributed by atoms with E-state index in [2.05, 4.69) is 5.32 Å². The number of nitrogens with one attached hydrogen (secondary N) is 1. The van der Waals surface area contributed by atoms with E-state index >= 15 is 4.39 Å². The maximum absolute atomic E-state index is 15.0. The average molecular weight is 666 g/mol. The Morgan fingerprint density at radius 2 is 1.52 bits per heavy atom. The van der Waals surface area contributed by atoms with Crippen LogP contribution in [0.1, 0.15) is 25.0 Å². The van der Waals surface area contributed by atoms with Gasteiger partial charge in [0.25, 0.3) is 10.0 Å². The molecule has 4 aromatic carbocycles. The van der Waals surface area contributed by atoms with Gasteiger partial charge in [0.05, 0.1) is 17.7 Å². The summed E-state index contributed by atoms with van der Waals surface area (Å²) in [6, 6.07) is 25.9. The number of carbonyl (C=O) groups is 2. The highest BCUT2D eigenvalue weighted by Crippen LogP contribution is 2.27. The summed E-state index contributed by atoms with van der Waals surface area (Å²) in [6.45, 7) is 3.31. The van der Waals surface area contributed by atoms with Gasteiger partial charge in [-0.05, 0) is 66.1 Å². The standard InChI is InChI=1S/C35H37ClFN3O5S/c1-25(2)22-38-35(42)33(21-26-9-5-4-6-10-26)39(23-27-11-7-8-12-32(27)37)34(41)24-40(29-15-13-28(36)14-16-29)46(43,44)31-19-17-30(45-3)18-20-31/h4-20,25,33H,21-24H2,1-3H3,(H,38,42)/t33-/m0/s1. The molecule has 0 aromatic heterocycles. The van der Waals surface area contributed by atoms with E-state index in [0.29, 0.717) is 17.3 Å². The monoisotopic (exact) mass is 665 g/mol. The molecule has 2 amide bonds. The molecule has 0 saturated heterocycles. The highest BCUT2D eigenvalue weighted by molar-refractivity contribution is 7.92. The van der Waals surface area contributed by atoms with Crippen molar-refractivity contribution in [2.45, 2.75) is 37.8 Å². The van der Waals surface area contributed by atoms with Crippen LogP contribution in [0, 0.1) is 11.7 Å². The topological polar surface area (TPSA) is 96.0 Å². The first kappa shape index (κ1) is 34.5. The predicted octanol–water partition coefficient (Wildman–Crippen LogP) is 6.10. The SMILES string of the molecule is COc1ccc(S(=O)(=O)N(CC(=O)N(Cc2ccccc2F)[C@@H](Cc2ccccc2)C(=O)NCC(C)C)c2ccc(Cl)cc2)cc1. The third-order valence-electron chi connectivity index (χ3n) is 7.30. The summed E-state index contributed by atoms with van der Waals surface area (Å²) in [7, 11) is -2.85. The minimum Gasteiger partial charge on any atom is -0.497 e. The second-order valence-corrected chi connectivity index (χ2v) is 13.4. The average Bonchev–Trinajstić information content (AvgIpc) is 3.05. The summed E-state index contributed by atoms with van der Waals surface area (Å²) >= 11 is 6.11. The number of hydrogen-bond donors (Lipinski definition) is 1. The molecule has 4 rings (SSSR count). The van der Waals surface area contributed by atoms with Crippen molar-refractivity contribution in [3.8, 4) is 5.75 Å². The van der Waals surface area contributed by atoms with Gasteiger partial charge in [-0.3, -0.25) is 13.9 Å². The van der Waals surface area contributed by atoms with Crippen LogP contribution in [-0.2, 0) is 32.6 Å². The first-order valence-electron chi connectivity index (χ1n) is 14.8. The third-order valence-corrected chi connectivity index (χ3v) is 9.34. The minimum absolute atomic E-state index is 0.0767. The van der Waals surface area contributed by atoms with E-state index in [-0.39, 0.29) is 35.0 Å². The summed E-state index contributed by atoms with van der Waals surface area (Å²) in [4.78, 5) is 29.4. The number of methoxy groups -OCH3 is 1. The molecular formula is C35H37ClFN3O5S. The lowest BCUT2D eigenvalue weighted by Gasteiger charge is -2.34.